The predicted octanol–water partition coefficient (Wildman–Crippen LogP) is 5.53. The molecule has 3 aromatic carbocycles. The lowest BCUT2D eigenvalue weighted by Crippen LogP contribution is -2.42. The van der Waals surface area contributed by atoms with Gasteiger partial charge in [-0.1, -0.05) is 79.2 Å². The number of para-hydroxylation sites is 2. The quantitative estimate of drug-likeness (QED) is 0.390. The van der Waals surface area contributed by atoms with Crippen LogP contribution in [0.3, 0.4) is 0 Å². The molecule has 1 fully saturated rings. The Kier molecular flexibility index (Phi) is 6.84. The third-order valence-electron chi connectivity index (χ3n) is 7.20. The molecular weight excluding hydrogens is 432 g/mol. The first-order valence-corrected chi connectivity index (χ1v) is 12.7. The maximum Gasteiger partial charge on any atom is 0.223 e. The standard InChI is InChI=1S/C30H34N4O/c1-22-12-14-24(15-13-22)21-34-28-11-7-6-10-27(28)32-30(34)33-18-16-26(17-19-33)29(35)31-20-23(2)25-8-4-3-5-9-25/h3-15,23,26H,16-21H2,1-2H3,(H,31,35)/t23-/m0/s1. The number of hydrogen-bond donors (Lipinski definition) is 1. The van der Waals surface area contributed by atoms with Crippen LogP contribution in [0.2, 0.25) is 0 Å². The van der Waals surface area contributed by atoms with Gasteiger partial charge in [0.2, 0.25) is 11.9 Å². The molecule has 1 N–H and O–H groups in total. The molecule has 1 aromatic heterocycles. The van der Waals surface area contributed by atoms with Crippen LogP contribution in [-0.2, 0) is 11.3 Å². The smallest absolute Gasteiger partial charge is 0.223 e. The average Bonchev–Trinajstić information content (AvgIpc) is 3.27. The Morgan fingerprint density at radius 2 is 1.66 bits per heavy atom. The fourth-order valence-electron chi connectivity index (χ4n) is 4.98. The molecule has 5 rings (SSSR count). The molecule has 0 spiro atoms. The monoisotopic (exact) mass is 466 g/mol. The Balaban J connectivity index is 1.25. The number of fused-ring (bicyclic) bond motifs is 1. The summed E-state index contributed by atoms with van der Waals surface area (Å²) in [6.45, 7) is 7.41. The minimum atomic E-state index is 0.0594. The number of carbonyl (C=O) groups excluding carboxylic acids is 1. The maximum absolute atomic E-state index is 12.9. The van der Waals surface area contributed by atoms with Crippen molar-refractivity contribution in [2.45, 2.75) is 39.2 Å². The first-order valence-electron chi connectivity index (χ1n) is 12.7. The molecule has 1 saturated heterocycles. The average molecular weight is 467 g/mol. The molecule has 180 valence electrons. The van der Waals surface area contributed by atoms with Crippen molar-refractivity contribution in [2.24, 2.45) is 5.92 Å². The Morgan fingerprint density at radius 3 is 2.40 bits per heavy atom. The normalized spacial score (nSPS) is 15.3. The summed E-state index contributed by atoms with van der Waals surface area (Å²) in [5.74, 6) is 1.55. The van der Waals surface area contributed by atoms with Crippen molar-refractivity contribution in [1.82, 2.24) is 14.9 Å². The number of aromatic nitrogens is 2. The second-order valence-electron chi connectivity index (χ2n) is 9.79. The molecule has 35 heavy (non-hydrogen) atoms. The first kappa shape index (κ1) is 23.2. The van der Waals surface area contributed by atoms with Crippen LogP contribution >= 0.6 is 0 Å². The first-order chi connectivity index (χ1) is 17.1. The number of carbonyl (C=O) groups is 1. The van der Waals surface area contributed by atoms with E-state index in [1.807, 2.05) is 12.1 Å². The number of amides is 1. The van der Waals surface area contributed by atoms with Gasteiger partial charge in [-0.05, 0) is 48.9 Å². The van der Waals surface area contributed by atoms with E-state index >= 15 is 0 Å². The summed E-state index contributed by atoms with van der Waals surface area (Å²) < 4.78 is 2.32. The summed E-state index contributed by atoms with van der Waals surface area (Å²) in [5.41, 5.74) is 5.96. The number of nitrogens with zero attached hydrogens (tertiary/aromatic N) is 3. The maximum atomic E-state index is 12.9. The minimum Gasteiger partial charge on any atom is -0.355 e. The van der Waals surface area contributed by atoms with Gasteiger partial charge in [0.15, 0.2) is 0 Å². The van der Waals surface area contributed by atoms with Gasteiger partial charge in [0.1, 0.15) is 0 Å². The number of piperidine rings is 1. The molecule has 1 aliphatic rings. The van der Waals surface area contributed by atoms with Crippen LogP contribution in [0.1, 0.15) is 42.4 Å². The molecule has 0 radical (unpaired) electrons. The van der Waals surface area contributed by atoms with E-state index < -0.39 is 0 Å². The SMILES string of the molecule is Cc1ccc(Cn2c(N3CCC(C(=O)NC[C@H](C)c4ccccc4)CC3)nc3ccccc32)cc1. The number of anilines is 1. The summed E-state index contributed by atoms with van der Waals surface area (Å²) in [6.07, 6.45) is 1.69. The van der Waals surface area contributed by atoms with Crippen molar-refractivity contribution in [3.63, 3.8) is 0 Å². The molecule has 1 amide bonds. The lowest BCUT2D eigenvalue weighted by Gasteiger charge is -2.32. The van der Waals surface area contributed by atoms with E-state index in [0.29, 0.717) is 12.5 Å². The third-order valence-corrected chi connectivity index (χ3v) is 7.20. The van der Waals surface area contributed by atoms with Crippen LogP contribution in [0.25, 0.3) is 11.0 Å². The Morgan fingerprint density at radius 1 is 0.971 bits per heavy atom. The Hall–Kier alpha value is -3.60. The highest BCUT2D eigenvalue weighted by Gasteiger charge is 2.28. The fourth-order valence-corrected chi connectivity index (χ4v) is 4.98. The van der Waals surface area contributed by atoms with Crippen molar-refractivity contribution in [3.8, 4) is 0 Å². The number of aryl methyl sites for hydroxylation is 1. The van der Waals surface area contributed by atoms with Crippen molar-refractivity contribution in [1.29, 1.82) is 0 Å². The summed E-state index contributed by atoms with van der Waals surface area (Å²) in [6, 6.07) is 27.4. The zero-order chi connectivity index (χ0) is 24.2. The highest BCUT2D eigenvalue weighted by atomic mass is 16.1. The number of nitrogens with one attached hydrogen (secondary N) is 1. The molecule has 2 heterocycles. The van der Waals surface area contributed by atoms with Gasteiger partial charge in [-0.3, -0.25) is 4.79 Å². The van der Waals surface area contributed by atoms with Gasteiger partial charge >= 0.3 is 0 Å². The van der Waals surface area contributed by atoms with E-state index in [1.165, 1.54) is 16.7 Å². The van der Waals surface area contributed by atoms with Crippen molar-refractivity contribution in [2.75, 3.05) is 24.5 Å². The third kappa shape index (κ3) is 5.24. The Labute approximate surface area is 207 Å². The van der Waals surface area contributed by atoms with E-state index in [9.17, 15) is 4.79 Å². The van der Waals surface area contributed by atoms with Crippen LogP contribution in [0.4, 0.5) is 5.95 Å². The van der Waals surface area contributed by atoms with Gasteiger partial charge in [0.25, 0.3) is 0 Å². The van der Waals surface area contributed by atoms with Crippen LogP contribution in [0.5, 0.6) is 0 Å². The van der Waals surface area contributed by atoms with E-state index in [4.69, 9.17) is 4.98 Å². The van der Waals surface area contributed by atoms with Crippen LogP contribution in [0, 0.1) is 12.8 Å². The highest BCUT2D eigenvalue weighted by molar-refractivity contribution is 5.80. The zero-order valence-electron chi connectivity index (χ0n) is 20.7. The lowest BCUT2D eigenvalue weighted by atomic mass is 9.95. The van der Waals surface area contributed by atoms with Gasteiger partial charge in [-0.15, -0.1) is 0 Å². The Bertz CT molecular complexity index is 1270. The van der Waals surface area contributed by atoms with E-state index in [2.05, 4.69) is 95.4 Å². The van der Waals surface area contributed by atoms with Crippen LogP contribution in [-0.4, -0.2) is 35.1 Å². The van der Waals surface area contributed by atoms with Crippen LogP contribution in [0.15, 0.2) is 78.9 Å². The largest absolute Gasteiger partial charge is 0.355 e. The predicted molar refractivity (Wildman–Crippen MR) is 143 cm³/mol. The van der Waals surface area contributed by atoms with Crippen molar-refractivity contribution < 1.29 is 4.79 Å². The number of imidazole rings is 1. The minimum absolute atomic E-state index is 0.0594. The number of rotatable bonds is 7. The van der Waals surface area contributed by atoms with E-state index in [1.54, 1.807) is 0 Å². The summed E-state index contributed by atoms with van der Waals surface area (Å²) in [4.78, 5) is 20.3. The molecule has 1 aliphatic heterocycles. The molecule has 0 saturated carbocycles. The summed E-state index contributed by atoms with van der Waals surface area (Å²) in [5, 5.41) is 3.20. The van der Waals surface area contributed by atoms with Gasteiger partial charge in [-0.2, -0.15) is 0 Å². The van der Waals surface area contributed by atoms with Gasteiger partial charge in [-0.25, -0.2) is 4.98 Å². The highest BCUT2D eigenvalue weighted by Crippen LogP contribution is 2.28. The lowest BCUT2D eigenvalue weighted by molar-refractivity contribution is -0.125. The van der Waals surface area contributed by atoms with Gasteiger partial charge in [0.05, 0.1) is 17.6 Å². The van der Waals surface area contributed by atoms with Crippen molar-refractivity contribution in [3.05, 3.63) is 95.6 Å². The van der Waals surface area contributed by atoms with E-state index in [0.717, 1.165) is 49.5 Å². The zero-order valence-corrected chi connectivity index (χ0v) is 20.7. The summed E-state index contributed by atoms with van der Waals surface area (Å²) >= 11 is 0. The van der Waals surface area contributed by atoms with Gasteiger partial charge in [0, 0.05) is 25.6 Å². The molecule has 0 aliphatic carbocycles. The fraction of sp³-hybridized carbons (Fsp3) is 0.333. The van der Waals surface area contributed by atoms with Gasteiger partial charge < -0.3 is 14.8 Å². The molecular formula is C30H34N4O. The molecule has 5 nitrogen and oxygen atoms in total. The molecule has 5 heteroatoms. The molecule has 0 bridgehead atoms. The molecule has 1 atom stereocenters. The second-order valence-corrected chi connectivity index (χ2v) is 9.79. The number of benzene rings is 3. The molecule has 0 unspecified atom stereocenters. The van der Waals surface area contributed by atoms with E-state index in [-0.39, 0.29) is 11.8 Å². The van der Waals surface area contributed by atoms with Crippen molar-refractivity contribution >= 4 is 22.9 Å². The topological polar surface area (TPSA) is 50.2 Å². The van der Waals surface area contributed by atoms with Crippen LogP contribution < -0.4 is 10.2 Å². The second kappa shape index (κ2) is 10.3. The molecule has 4 aromatic rings. The summed E-state index contributed by atoms with van der Waals surface area (Å²) in [7, 11) is 0. The number of hydrogen-bond acceptors (Lipinski definition) is 3.